The van der Waals surface area contributed by atoms with E-state index in [1.165, 1.54) is 12.8 Å². The summed E-state index contributed by atoms with van der Waals surface area (Å²) in [6, 6.07) is 0. The minimum Gasteiger partial charge on any atom is -1.00 e. The molecule has 0 bridgehead atoms. The molecule has 0 fully saturated rings. The number of rotatable bonds is 3. The molecule has 1 rings (SSSR count). The molecule has 0 saturated carbocycles. The van der Waals surface area contributed by atoms with Gasteiger partial charge in [-0.3, -0.25) is 4.68 Å². The molecule has 52 valence electrons. The second-order valence-corrected chi connectivity index (χ2v) is 2.02. The number of hydrogen-bond acceptors (Lipinski definition) is 2. The predicted molar refractivity (Wildman–Crippen MR) is 36.0 cm³/mol. The Hall–Kier alpha value is 0.140. The molecule has 0 unspecified atom stereocenters. The van der Waals surface area contributed by atoms with E-state index < -0.39 is 0 Å². The van der Waals surface area contributed by atoms with Crippen molar-refractivity contribution in [2.24, 2.45) is 0 Å². The first kappa shape index (κ1) is 10.1. The third-order valence-electron chi connectivity index (χ3n) is 1.21. The average Bonchev–Trinajstić information content (AvgIpc) is 2.34. The zero-order valence-electron chi connectivity index (χ0n) is 7.62. The van der Waals surface area contributed by atoms with E-state index in [1.54, 1.807) is 6.20 Å². The van der Waals surface area contributed by atoms with Crippen molar-refractivity contribution in [2.45, 2.75) is 26.3 Å². The molecule has 0 aliphatic rings. The summed E-state index contributed by atoms with van der Waals surface area (Å²) in [5, 5.41) is 7.51. The second-order valence-electron chi connectivity index (χ2n) is 2.02. The van der Waals surface area contributed by atoms with Crippen molar-refractivity contribution in [1.29, 1.82) is 0 Å². The van der Waals surface area contributed by atoms with Crippen molar-refractivity contribution in [2.75, 3.05) is 0 Å². The van der Waals surface area contributed by atoms with Crippen LogP contribution in [0.5, 0.6) is 0 Å². The van der Waals surface area contributed by atoms with Gasteiger partial charge in [-0.1, -0.05) is 18.6 Å². The number of nitrogens with zero attached hydrogens (tertiary/aromatic N) is 3. The summed E-state index contributed by atoms with van der Waals surface area (Å²) in [4.78, 5) is 0. The zero-order chi connectivity index (χ0) is 6.53. The van der Waals surface area contributed by atoms with Gasteiger partial charge in [-0.15, -0.1) is 5.10 Å². The first-order chi connectivity index (χ1) is 4.43. The van der Waals surface area contributed by atoms with Crippen LogP contribution in [0.2, 0.25) is 0 Å². The molecule has 0 aliphatic heterocycles. The van der Waals surface area contributed by atoms with Gasteiger partial charge in [0.15, 0.2) is 0 Å². The van der Waals surface area contributed by atoms with Crippen LogP contribution < -0.4 is 29.6 Å². The molecule has 0 saturated heterocycles. The summed E-state index contributed by atoms with van der Waals surface area (Å²) in [5.74, 6) is 0. The van der Waals surface area contributed by atoms with E-state index in [0.29, 0.717) is 0 Å². The minimum absolute atomic E-state index is 0. The largest absolute Gasteiger partial charge is 1.00 e. The van der Waals surface area contributed by atoms with E-state index in [0.717, 1.165) is 6.54 Å². The predicted octanol–water partition coefficient (Wildman–Crippen LogP) is -1.81. The van der Waals surface area contributed by atoms with Crippen LogP contribution >= 0.6 is 0 Å². The molecular formula is C6H12N3Na. The molecule has 10 heavy (non-hydrogen) atoms. The van der Waals surface area contributed by atoms with Gasteiger partial charge in [0.1, 0.15) is 0 Å². The monoisotopic (exact) mass is 149 g/mol. The summed E-state index contributed by atoms with van der Waals surface area (Å²) in [6.45, 7) is 3.16. The van der Waals surface area contributed by atoms with Crippen LogP contribution in [0.4, 0.5) is 0 Å². The van der Waals surface area contributed by atoms with Crippen LogP contribution in [-0.2, 0) is 6.54 Å². The third-order valence-corrected chi connectivity index (χ3v) is 1.21. The molecule has 4 heteroatoms. The van der Waals surface area contributed by atoms with Gasteiger partial charge < -0.3 is 1.43 Å². The Labute approximate surface area is 84.6 Å². The SMILES string of the molecule is CCCCn1ccnn1.[H-].[Na+]. The fourth-order valence-corrected chi connectivity index (χ4v) is 0.672. The Morgan fingerprint density at radius 1 is 1.60 bits per heavy atom. The molecule has 3 nitrogen and oxygen atoms in total. The summed E-state index contributed by atoms with van der Waals surface area (Å²) in [5.41, 5.74) is 0. The van der Waals surface area contributed by atoms with Gasteiger partial charge in [-0.2, -0.15) is 0 Å². The van der Waals surface area contributed by atoms with Gasteiger partial charge in [0.05, 0.1) is 6.20 Å². The van der Waals surface area contributed by atoms with E-state index >= 15 is 0 Å². The van der Waals surface area contributed by atoms with Crippen LogP contribution in [0.15, 0.2) is 12.4 Å². The smallest absolute Gasteiger partial charge is 1.00 e. The quantitative estimate of drug-likeness (QED) is 0.474. The van der Waals surface area contributed by atoms with Crippen molar-refractivity contribution in [3.8, 4) is 0 Å². The van der Waals surface area contributed by atoms with Crippen LogP contribution in [-0.4, -0.2) is 15.0 Å². The van der Waals surface area contributed by atoms with Crippen LogP contribution in [0.1, 0.15) is 21.2 Å². The Bertz CT molecular complexity index is 155. The number of hydrogen-bond donors (Lipinski definition) is 0. The molecular weight excluding hydrogens is 137 g/mol. The van der Waals surface area contributed by atoms with Crippen molar-refractivity contribution >= 4 is 0 Å². The summed E-state index contributed by atoms with van der Waals surface area (Å²) in [7, 11) is 0. The average molecular weight is 149 g/mol. The number of unbranched alkanes of at least 4 members (excludes halogenated alkanes) is 1. The van der Waals surface area contributed by atoms with E-state index in [-0.39, 0.29) is 31.0 Å². The molecule has 0 atom stereocenters. The summed E-state index contributed by atoms with van der Waals surface area (Å²) >= 11 is 0. The molecule has 0 radical (unpaired) electrons. The van der Waals surface area contributed by atoms with E-state index in [1.807, 2.05) is 10.9 Å². The van der Waals surface area contributed by atoms with Crippen molar-refractivity contribution in [3.05, 3.63) is 12.4 Å². The van der Waals surface area contributed by atoms with Crippen LogP contribution in [0.25, 0.3) is 0 Å². The Morgan fingerprint density at radius 2 is 2.40 bits per heavy atom. The maximum atomic E-state index is 3.82. The third kappa shape index (κ3) is 3.34. The molecule has 0 aliphatic carbocycles. The topological polar surface area (TPSA) is 30.7 Å². The molecule has 0 amide bonds. The normalized spacial score (nSPS) is 8.90. The van der Waals surface area contributed by atoms with Gasteiger partial charge in [-0.25, -0.2) is 0 Å². The molecule has 1 aromatic heterocycles. The Balaban J connectivity index is 0. The van der Waals surface area contributed by atoms with Crippen molar-refractivity contribution in [3.63, 3.8) is 0 Å². The van der Waals surface area contributed by atoms with E-state index in [2.05, 4.69) is 17.2 Å². The van der Waals surface area contributed by atoms with Gasteiger partial charge in [0.2, 0.25) is 0 Å². The zero-order valence-corrected chi connectivity index (χ0v) is 8.62. The summed E-state index contributed by atoms with van der Waals surface area (Å²) in [6.07, 6.45) is 5.98. The van der Waals surface area contributed by atoms with Gasteiger partial charge in [-0.05, 0) is 6.42 Å². The minimum atomic E-state index is 0. The van der Waals surface area contributed by atoms with E-state index in [4.69, 9.17) is 0 Å². The maximum Gasteiger partial charge on any atom is 1.00 e. The van der Waals surface area contributed by atoms with Crippen LogP contribution in [0.3, 0.4) is 0 Å². The second kappa shape index (κ2) is 5.89. The fraction of sp³-hybridized carbons (Fsp3) is 0.667. The Morgan fingerprint density at radius 3 is 2.90 bits per heavy atom. The Kier molecular flexibility index (Phi) is 5.97. The van der Waals surface area contributed by atoms with Gasteiger partial charge in [0, 0.05) is 12.7 Å². The standard InChI is InChI=1S/C6H11N3.Na.H/c1-2-3-5-9-6-4-7-8-9;;/h4,6H,2-3,5H2,1H3;;/q;+1;-1. The van der Waals surface area contributed by atoms with E-state index in [9.17, 15) is 0 Å². The molecule has 1 aromatic rings. The molecule has 0 aromatic carbocycles. The molecule has 1 heterocycles. The molecule has 0 N–H and O–H groups in total. The van der Waals surface area contributed by atoms with Crippen molar-refractivity contribution < 1.29 is 31.0 Å². The van der Waals surface area contributed by atoms with Crippen LogP contribution in [0, 0.1) is 0 Å². The molecule has 0 spiro atoms. The first-order valence-corrected chi connectivity index (χ1v) is 3.27. The van der Waals surface area contributed by atoms with Gasteiger partial charge >= 0.3 is 29.6 Å². The van der Waals surface area contributed by atoms with Gasteiger partial charge in [0.25, 0.3) is 0 Å². The number of aryl methyl sites for hydroxylation is 1. The fourth-order valence-electron chi connectivity index (χ4n) is 0.672. The summed E-state index contributed by atoms with van der Waals surface area (Å²) < 4.78 is 1.85. The van der Waals surface area contributed by atoms with Crippen molar-refractivity contribution in [1.82, 2.24) is 15.0 Å². The maximum absolute atomic E-state index is 3.82. The first-order valence-electron chi connectivity index (χ1n) is 3.27. The number of aromatic nitrogens is 3.